The Bertz CT molecular complexity index is 104. The number of hydrogen-bond donors (Lipinski definition) is 2. The van der Waals surface area contributed by atoms with Gasteiger partial charge in [0.1, 0.15) is 0 Å². The van der Waals surface area contributed by atoms with Crippen molar-refractivity contribution in [1.82, 2.24) is 5.32 Å². The summed E-state index contributed by atoms with van der Waals surface area (Å²) in [5.41, 5.74) is 5.69. The third kappa shape index (κ3) is 4.07. The van der Waals surface area contributed by atoms with Gasteiger partial charge in [0.2, 0.25) is 0 Å². The maximum absolute atomic E-state index is 5.69. The van der Waals surface area contributed by atoms with Crippen molar-refractivity contribution in [3.63, 3.8) is 0 Å². The van der Waals surface area contributed by atoms with Crippen LogP contribution in [0.2, 0.25) is 0 Å². The van der Waals surface area contributed by atoms with Gasteiger partial charge in [-0.05, 0) is 19.3 Å². The number of nitrogens with one attached hydrogen (secondary N) is 1. The molecule has 2 heteroatoms. The molecule has 74 valence electrons. The summed E-state index contributed by atoms with van der Waals surface area (Å²) in [6, 6.07) is 1.08. The Kier molecular flexibility index (Phi) is 6.39. The van der Waals surface area contributed by atoms with Crippen LogP contribution >= 0.6 is 0 Å². The van der Waals surface area contributed by atoms with Crippen LogP contribution in [-0.4, -0.2) is 18.6 Å². The number of nitrogens with two attached hydrogens (primary N) is 1. The van der Waals surface area contributed by atoms with Crippen molar-refractivity contribution in [3.05, 3.63) is 0 Å². The van der Waals surface area contributed by atoms with Crippen molar-refractivity contribution in [2.45, 2.75) is 52.6 Å². The molecule has 0 heterocycles. The highest BCUT2D eigenvalue weighted by molar-refractivity contribution is 4.75. The zero-order valence-electron chi connectivity index (χ0n) is 8.93. The fourth-order valence-electron chi connectivity index (χ4n) is 1.23. The SMILES string of the molecule is CCC(C)NC(CN)C(C)CC. The van der Waals surface area contributed by atoms with Gasteiger partial charge in [0.15, 0.2) is 0 Å². The van der Waals surface area contributed by atoms with E-state index in [2.05, 4.69) is 33.0 Å². The molecule has 0 radical (unpaired) electrons. The van der Waals surface area contributed by atoms with Crippen molar-refractivity contribution >= 4 is 0 Å². The first-order chi connectivity index (χ1) is 5.65. The summed E-state index contributed by atoms with van der Waals surface area (Å²) >= 11 is 0. The smallest absolute Gasteiger partial charge is 0.0218 e. The van der Waals surface area contributed by atoms with Crippen LogP contribution in [0, 0.1) is 5.92 Å². The fourth-order valence-corrected chi connectivity index (χ4v) is 1.23. The topological polar surface area (TPSA) is 38.0 Å². The monoisotopic (exact) mass is 172 g/mol. The van der Waals surface area contributed by atoms with Gasteiger partial charge in [0.05, 0.1) is 0 Å². The molecule has 12 heavy (non-hydrogen) atoms. The molecular weight excluding hydrogens is 148 g/mol. The molecule has 0 aromatic carbocycles. The summed E-state index contributed by atoms with van der Waals surface area (Å²) < 4.78 is 0. The lowest BCUT2D eigenvalue weighted by atomic mass is 9.98. The predicted octanol–water partition coefficient (Wildman–Crippen LogP) is 1.75. The van der Waals surface area contributed by atoms with E-state index < -0.39 is 0 Å². The van der Waals surface area contributed by atoms with E-state index in [1.54, 1.807) is 0 Å². The zero-order valence-corrected chi connectivity index (χ0v) is 8.93. The van der Waals surface area contributed by atoms with Crippen molar-refractivity contribution in [1.29, 1.82) is 0 Å². The molecule has 0 spiro atoms. The van der Waals surface area contributed by atoms with Crippen LogP contribution in [0.4, 0.5) is 0 Å². The van der Waals surface area contributed by atoms with Gasteiger partial charge < -0.3 is 11.1 Å². The first kappa shape index (κ1) is 11.9. The maximum atomic E-state index is 5.69. The van der Waals surface area contributed by atoms with Crippen molar-refractivity contribution in [2.75, 3.05) is 6.54 Å². The average molecular weight is 172 g/mol. The van der Waals surface area contributed by atoms with E-state index in [0.717, 1.165) is 6.54 Å². The van der Waals surface area contributed by atoms with Gasteiger partial charge >= 0.3 is 0 Å². The Hall–Kier alpha value is -0.0800. The maximum Gasteiger partial charge on any atom is 0.0218 e. The van der Waals surface area contributed by atoms with E-state index in [1.165, 1.54) is 12.8 Å². The number of rotatable bonds is 6. The highest BCUT2D eigenvalue weighted by atomic mass is 15.0. The van der Waals surface area contributed by atoms with Crippen LogP contribution < -0.4 is 11.1 Å². The largest absolute Gasteiger partial charge is 0.329 e. The van der Waals surface area contributed by atoms with Gasteiger partial charge in [0, 0.05) is 18.6 Å². The van der Waals surface area contributed by atoms with Crippen LogP contribution in [0.5, 0.6) is 0 Å². The molecule has 0 aliphatic rings. The third-order valence-corrected chi connectivity index (χ3v) is 2.70. The quantitative estimate of drug-likeness (QED) is 0.640. The van der Waals surface area contributed by atoms with E-state index in [1.807, 2.05) is 0 Å². The highest BCUT2D eigenvalue weighted by Crippen LogP contribution is 2.07. The Morgan fingerprint density at radius 2 is 1.75 bits per heavy atom. The van der Waals surface area contributed by atoms with Gasteiger partial charge in [-0.2, -0.15) is 0 Å². The van der Waals surface area contributed by atoms with Crippen LogP contribution in [0.3, 0.4) is 0 Å². The lowest BCUT2D eigenvalue weighted by Gasteiger charge is -2.26. The highest BCUT2D eigenvalue weighted by Gasteiger charge is 2.14. The molecule has 3 unspecified atom stereocenters. The summed E-state index contributed by atoms with van der Waals surface area (Å²) in [5, 5.41) is 3.54. The number of hydrogen-bond acceptors (Lipinski definition) is 2. The summed E-state index contributed by atoms with van der Waals surface area (Å²) in [5.74, 6) is 0.684. The molecule has 0 bridgehead atoms. The molecule has 0 fully saturated rings. The zero-order chi connectivity index (χ0) is 9.56. The Labute approximate surface area is 76.9 Å². The van der Waals surface area contributed by atoms with E-state index in [0.29, 0.717) is 18.0 Å². The van der Waals surface area contributed by atoms with Crippen molar-refractivity contribution in [2.24, 2.45) is 11.7 Å². The Balaban J connectivity index is 3.81. The Morgan fingerprint density at radius 3 is 2.08 bits per heavy atom. The first-order valence-corrected chi connectivity index (χ1v) is 5.11. The predicted molar refractivity (Wildman–Crippen MR) is 55.2 cm³/mol. The van der Waals surface area contributed by atoms with E-state index in [-0.39, 0.29) is 0 Å². The minimum Gasteiger partial charge on any atom is -0.329 e. The van der Waals surface area contributed by atoms with Gasteiger partial charge in [-0.15, -0.1) is 0 Å². The second-order valence-corrected chi connectivity index (χ2v) is 3.70. The van der Waals surface area contributed by atoms with Crippen molar-refractivity contribution in [3.8, 4) is 0 Å². The van der Waals surface area contributed by atoms with Crippen LogP contribution in [-0.2, 0) is 0 Å². The molecule has 0 saturated carbocycles. The lowest BCUT2D eigenvalue weighted by Crippen LogP contribution is -2.45. The third-order valence-electron chi connectivity index (χ3n) is 2.70. The van der Waals surface area contributed by atoms with Gasteiger partial charge in [-0.25, -0.2) is 0 Å². The molecule has 0 amide bonds. The fraction of sp³-hybridized carbons (Fsp3) is 1.00. The standard InChI is InChI=1S/C10H24N2/c1-5-8(3)10(7-11)12-9(4)6-2/h8-10,12H,5-7,11H2,1-4H3. The summed E-state index contributed by atoms with van der Waals surface area (Å²) in [6.07, 6.45) is 2.37. The minimum absolute atomic E-state index is 0.491. The molecule has 0 saturated heterocycles. The molecular formula is C10H24N2. The summed E-state index contributed by atoms with van der Waals surface area (Å²) in [6.45, 7) is 9.63. The lowest BCUT2D eigenvalue weighted by molar-refractivity contribution is 0.338. The Morgan fingerprint density at radius 1 is 1.17 bits per heavy atom. The van der Waals surface area contributed by atoms with E-state index in [9.17, 15) is 0 Å². The van der Waals surface area contributed by atoms with E-state index >= 15 is 0 Å². The summed E-state index contributed by atoms with van der Waals surface area (Å²) in [7, 11) is 0. The normalized spacial score (nSPS) is 18.8. The molecule has 0 aliphatic heterocycles. The second kappa shape index (κ2) is 6.44. The van der Waals surface area contributed by atoms with Crippen LogP contribution in [0.15, 0.2) is 0 Å². The van der Waals surface area contributed by atoms with Crippen LogP contribution in [0.25, 0.3) is 0 Å². The average Bonchev–Trinajstić information content (AvgIpc) is 2.12. The second-order valence-electron chi connectivity index (χ2n) is 3.70. The van der Waals surface area contributed by atoms with Gasteiger partial charge in [-0.1, -0.05) is 27.2 Å². The molecule has 3 N–H and O–H groups in total. The molecule has 0 aliphatic carbocycles. The first-order valence-electron chi connectivity index (χ1n) is 5.11. The van der Waals surface area contributed by atoms with Crippen molar-refractivity contribution < 1.29 is 0 Å². The molecule has 0 rings (SSSR count). The minimum atomic E-state index is 0.491. The van der Waals surface area contributed by atoms with Crippen LogP contribution in [0.1, 0.15) is 40.5 Å². The van der Waals surface area contributed by atoms with E-state index in [4.69, 9.17) is 5.73 Å². The van der Waals surface area contributed by atoms with Gasteiger partial charge in [0.25, 0.3) is 0 Å². The molecule has 3 atom stereocenters. The van der Waals surface area contributed by atoms with Gasteiger partial charge in [-0.3, -0.25) is 0 Å². The summed E-state index contributed by atoms with van der Waals surface area (Å²) in [4.78, 5) is 0. The molecule has 0 aromatic rings. The molecule has 2 nitrogen and oxygen atoms in total. The molecule has 0 aromatic heterocycles.